The van der Waals surface area contributed by atoms with Crippen LogP contribution in [0.4, 0.5) is 9.93 Å². The molecule has 0 radical (unpaired) electrons. The van der Waals surface area contributed by atoms with Crippen LogP contribution in [0, 0.1) is 0 Å². The molecule has 3 rings (SSSR count). The number of hydrogen-bond donors (Lipinski definition) is 2. The zero-order valence-corrected chi connectivity index (χ0v) is 17.9. The molecule has 2 N–H and O–H groups in total. The van der Waals surface area contributed by atoms with E-state index in [0.717, 1.165) is 30.0 Å². The van der Waals surface area contributed by atoms with Gasteiger partial charge >= 0.3 is 12.0 Å². The van der Waals surface area contributed by atoms with Gasteiger partial charge in [-0.15, -0.1) is 10.2 Å². The van der Waals surface area contributed by atoms with Crippen molar-refractivity contribution in [2.75, 3.05) is 11.1 Å². The molecule has 9 heteroatoms. The Hall–Kier alpha value is -1.35. The van der Waals surface area contributed by atoms with Crippen molar-refractivity contribution in [2.24, 2.45) is 0 Å². The maximum Gasteiger partial charge on any atom is 0.324 e. The third kappa shape index (κ3) is 6.34. The van der Waals surface area contributed by atoms with Gasteiger partial charge in [0, 0.05) is 24.3 Å². The Balaban J connectivity index is 1.57. The molecular formula is C19H30N4O3S2. The Morgan fingerprint density at radius 1 is 1.04 bits per heavy atom. The molecular weight excluding hydrogens is 396 g/mol. The molecule has 0 aromatic carbocycles. The van der Waals surface area contributed by atoms with Gasteiger partial charge in [-0.1, -0.05) is 61.6 Å². The van der Waals surface area contributed by atoms with Crippen molar-refractivity contribution in [3.8, 4) is 0 Å². The maximum absolute atomic E-state index is 13.1. The number of carbonyl (C=O) groups is 2. The van der Waals surface area contributed by atoms with Crippen molar-refractivity contribution in [1.29, 1.82) is 0 Å². The molecule has 2 amide bonds. The van der Waals surface area contributed by atoms with Gasteiger partial charge in [0.15, 0.2) is 4.34 Å². The number of rotatable bonds is 8. The highest BCUT2D eigenvalue weighted by Crippen LogP contribution is 2.32. The standard InChI is InChI=1S/C19H30N4O3S2/c24-16(25)12-7-13-27-19-22-21-17(28-19)20-18(26)23(14-8-3-1-4-9-14)15-10-5-2-6-11-15/h14-15H,1-13H2,(H,24,25)(H,20,21,26). The fraction of sp³-hybridized carbons (Fsp3) is 0.789. The van der Waals surface area contributed by atoms with Crippen molar-refractivity contribution in [3.05, 3.63) is 0 Å². The highest BCUT2D eigenvalue weighted by molar-refractivity contribution is 8.01. The predicted octanol–water partition coefficient (Wildman–Crippen LogP) is 4.99. The van der Waals surface area contributed by atoms with Gasteiger partial charge in [0.25, 0.3) is 0 Å². The van der Waals surface area contributed by atoms with Gasteiger partial charge in [0.05, 0.1) is 0 Å². The summed E-state index contributed by atoms with van der Waals surface area (Å²) in [6, 6.07) is 0.654. The van der Waals surface area contributed by atoms with E-state index in [0.29, 0.717) is 29.4 Å². The Morgan fingerprint density at radius 2 is 1.64 bits per heavy atom. The quantitative estimate of drug-likeness (QED) is 0.345. The second-order valence-corrected chi connectivity index (χ2v) is 9.96. The molecule has 7 nitrogen and oxygen atoms in total. The van der Waals surface area contributed by atoms with Crippen LogP contribution in [0.5, 0.6) is 0 Å². The number of carboxylic acids is 1. The molecule has 0 saturated heterocycles. The van der Waals surface area contributed by atoms with Crippen molar-refractivity contribution >= 4 is 40.2 Å². The predicted molar refractivity (Wildman–Crippen MR) is 112 cm³/mol. The summed E-state index contributed by atoms with van der Waals surface area (Å²) in [6.45, 7) is 0. The Kier molecular flexibility index (Phi) is 8.39. The summed E-state index contributed by atoms with van der Waals surface area (Å²) in [7, 11) is 0. The second kappa shape index (κ2) is 11.0. The minimum absolute atomic E-state index is 0.0302. The summed E-state index contributed by atoms with van der Waals surface area (Å²) in [6.07, 6.45) is 12.5. The molecule has 0 spiro atoms. The molecule has 0 bridgehead atoms. The molecule has 1 aromatic heterocycles. The van der Waals surface area contributed by atoms with E-state index >= 15 is 0 Å². The average molecular weight is 427 g/mol. The first-order chi connectivity index (χ1) is 13.6. The number of urea groups is 1. The summed E-state index contributed by atoms with van der Waals surface area (Å²) in [4.78, 5) is 25.8. The summed E-state index contributed by atoms with van der Waals surface area (Å²) in [5.74, 6) is -0.0955. The van der Waals surface area contributed by atoms with E-state index in [1.807, 2.05) is 0 Å². The zero-order chi connectivity index (χ0) is 19.8. The molecule has 28 heavy (non-hydrogen) atoms. The van der Waals surface area contributed by atoms with Gasteiger partial charge in [-0.05, 0) is 32.1 Å². The lowest BCUT2D eigenvalue weighted by Crippen LogP contribution is -2.50. The molecule has 0 aliphatic heterocycles. The fourth-order valence-corrected chi connectivity index (χ4v) is 5.96. The van der Waals surface area contributed by atoms with Crippen LogP contribution in [0.15, 0.2) is 4.34 Å². The lowest BCUT2D eigenvalue weighted by Gasteiger charge is -2.41. The van der Waals surface area contributed by atoms with E-state index in [-0.39, 0.29) is 12.5 Å². The number of amides is 2. The molecule has 2 saturated carbocycles. The molecule has 1 heterocycles. The van der Waals surface area contributed by atoms with E-state index in [2.05, 4.69) is 20.4 Å². The van der Waals surface area contributed by atoms with Crippen molar-refractivity contribution in [1.82, 2.24) is 15.1 Å². The minimum Gasteiger partial charge on any atom is -0.481 e. The first-order valence-electron chi connectivity index (χ1n) is 10.4. The molecule has 156 valence electrons. The third-order valence-electron chi connectivity index (χ3n) is 5.55. The first-order valence-corrected chi connectivity index (χ1v) is 12.2. The van der Waals surface area contributed by atoms with Crippen molar-refractivity contribution in [2.45, 2.75) is 93.5 Å². The number of thioether (sulfide) groups is 1. The largest absolute Gasteiger partial charge is 0.481 e. The highest BCUT2D eigenvalue weighted by Gasteiger charge is 2.32. The van der Waals surface area contributed by atoms with Gasteiger partial charge in [-0.3, -0.25) is 10.1 Å². The molecule has 0 atom stereocenters. The number of aromatic nitrogens is 2. The summed E-state index contributed by atoms with van der Waals surface area (Å²) >= 11 is 2.86. The van der Waals surface area contributed by atoms with Crippen LogP contribution in [0.1, 0.15) is 77.0 Å². The van der Waals surface area contributed by atoms with Crippen LogP contribution in [-0.2, 0) is 4.79 Å². The monoisotopic (exact) mass is 426 g/mol. The number of hydrogen-bond acceptors (Lipinski definition) is 6. The minimum atomic E-state index is -0.781. The molecule has 2 fully saturated rings. The summed E-state index contributed by atoms with van der Waals surface area (Å²) in [5, 5.41) is 20.5. The third-order valence-corrected chi connectivity index (χ3v) is 7.61. The number of aliphatic carboxylic acids is 1. The molecule has 1 aromatic rings. The van der Waals surface area contributed by atoms with E-state index in [4.69, 9.17) is 5.11 Å². The topological polar surface area (TPSA) is 95.4 Å². The maximum atomic E-state index is 13.1. The number of anilines is 1. The Morgan fingerprint density at radius 3 is 2.21 bits per heavy atom. The number of nitrogens with one attached hydrogen (secondary N) is 1. The van der Waals surface area contributed by atoms with Crippen LogP contribution in [0.3, 0.4) is 0 Å². The average Bonchev–Trinajstić information content (AvgIpc) is 3.14. The first kappa shape index (κ1) is 21.4. The number of carboxylic acid groups (broad SMARTS) is 1. The lowest BCUT2D eigenvalue weighted by atomic mass is 9.89. The van der Waals surface area contributed by atoms with Crippen LogP contribution in [0.2, 0.25) is 0 Å². The van der Waals surface area contributed by atoms with E-state index in [1.165, 1.54) is 61.6 Å². The van der Waals surface area contributed by atoms with Crippen LogP contribution < -0.4 is 5.32 Å². The second-order valence-electron chi connectivity index (χ2n) is 7.64. The zero-order valence-electron chi connectivity index (χ0n) is 16.3. The molecule has 2 aliphatic carbocycles. The van der Waals surface area contributed by atoms with Gasteiger partial charge in [0.1, 0.15) is 0 Å². The van der Waals surface area contributed by atoms with Crippen LogP contribution in [-0.4, -0.2) is 50.0 Å². The normalized spacial score (nSPS) is 18.7. The van der Waals surface area contributed by atoms with Crippen LogP contribution >= 0.6 is 23.1 Å². The van der Waals surface area contributed by atoms with Gasteiger partial charge in [0.2, 0.25) is 5.13 Å². The lowest BCUT2D eigenvalue weighted by molar-refractivity contribution is -0.137. The molecule has 0 unspecified atom stereocenters. The van der Waals surface area contributed by atoms with E-state index in [9.17, 15) is 9.59 Å². The van der Waals surface area contributed by atoms with Crippen LogP contribution in [0.25, 0.3) is 0 Å². The summed E-state index contributed by atoms with van der Waals surface area (Å²) < 4.78 is 0.766. The Bertz CT molecular complexity index is 625. The fourth-order valence-electron chi connectivity index (χ4n) is 4.21. The highest BCUT2D eigenvalue weighted by atomic mass is 32.2. The molecule has 2 aliphatic rings. The number of nitrogens with zero attached hydrogens (tertiary/aromatic N) is 3. The van der Waals surface area contributed by atoms with Gasteiger partial charge < -0.3 is 10.0 Å². The number of carbonyl (C=O) groups excluding carboxylic acids is 1. The smallest absolute Gasteiger partial charge is 0.324 e. The SMILES string of the molecule is O=C(O)CCCSc1nnc(NC(=O)N(C2CCCCC2)C2CCCCC2)s1. The van der Waals surface area contributed by atoms with Gasteiger partial charge in [-0.25, -0.2) is 4.79 Å². The Labute approximate surface area is 174 Å². The van der Waals surface area contributed by atoms with Crippen molar-refractivity contribution in [3.63, 3.8) is 0 Å². The summed E-state index contributed by atoms with van der Waals surface area (Å²) in [5.41, 5.74) is 0. The van der Waals surface area contributed by atoms with Crippen molar-refractivity contribution < 1.29 is 14.7 Å². The van der Waals surface area contributed by atoms with E-state index < -0.39 is 5.97 Å². The van der Waals surface area contributed by atoms with E-state index in [1.54, 1.807) is 0 Å². The van der Waals surface area contributed by atoms with Gasteiger partial charge in [-0.2, -0.15) is 0 Å².